The SMILES string of the molecule is Cc1ncc(CN)n1Cc1cc(Br)ccc1F. The maximum Gasteiger partial charge on any atom is 0.128 e. The molecule has 17 heavy (non-hydrogen) atoms. The Morgan fingerprint density at radius 3 is 2.94 bits per heavy atom. The van der Waals surface area contributed by atoms with E-state index in [1.54, 1.807) is 18.3 Å². The third-order valence-corrected chi connectivity index (χ3v) is 3.18. The molecule has 0 saturated carbocycles. The van der Waals surface area contributed by atoms with Crippen LogP contribution in [-0.2, 0) is 13.1 Å². The summed E-state index contributed by atoms with van der Waals surface area (Å²) in [7, 11) is 0. The molecule has 1 aromatic carbocycles. The van der Waals surface area contributed by atoms with Crippen molar-refractivity contribution in [3.05, 3.63) is 51.8 Å². The van der Waals surface area contributed by atoms with Crippen LogP contribution < -0.4 is 5.73 Å². The summed E-state index contributed by atoms with van der Waals surface area (Å²) in [6.45, 7) is 2.73. The Morgan fingerprint density at radius 2 is 2.24 bits per heavy atom. The van der Waals surface area contributed by atoms with Crippen molar-refractivity contribution in [3.63, 3.8) is 0 Å². The van der Waals surface area contributed by atoms with Gasteiger partial charge in [0.2, 0.25) is 0 Å². The molecule has 3 nitrogen and oxygen atoms in total. The van der Waals surface area contributed by atoms with Gasteiger partial charge in [0.25, 0.3) is 0 Å². The third-order valence-electron chi connectivity index (χ3n) is 2.68. The summed E-state index contributed by atoms with van der Waals surface area (Å²) in [6.07, 6.45) is 1.73. The fourth-order valence-corrected chi connectivity index (χ4v) is 2.14. The molecule has 0 aliphatic rings. The number of hydrogen-bond donors (Lipinski definition) is 1. The molecule has 0 saturated heterocycles. The molecular formula is C12H13BrFN3. The first-order valence-electron chi connectivity index (χ1n) is 5.27. The molecule has 0 aliphatic heterocycles. The zero-order chi connectivity index (χ0) is 12.4. The number of hydrogen-bond acceptors (Lipinski definition) is 2. The molecule has 5 heteroatoms. The van der Waals surface area contributed by atoms with Crippen LogP contribution in [0.15, 0.2) is 28.9 Å². The normalized spacial score (nSPS) is 10.8. The van der Waals surface area contributed by atoms with Crippen LogP contribution >= 0.6 is 15.9 Å². The highest BCUT2D eigenvalue weighted by atomic mass is 79.9. The molecule has 90 valence electrons. The maximum absolute atomic E-state index is 13.6. The van der Waals surface area contributed by atoms with Crippen molar-refractivity contribution >= 4 is 15.9 Å². The van der Waals surface area contributed by atoms with E-state index in [4.69, 9.17) is 5.73 Å². The van der Waals surface area contributed by atoms with Gasteiger partial charge in [0.15, 0.2) is 0 Å². The number of nitrogens with zero attached hydrogens (tertiary/aromatic N) is 2. The smallest absolute Gasteiger partial charge is 0.128 e. The average Bonchev–Trinajstić information content (AvgIpc) is 2.65. The van der Waals surface area contributed by atoms with Crippen LogP contribution in [0.2, 0.25) is 0 Å². The lowest BCUT2D eigenvalue weighted by atomic mass is 10.2. The predicted molar refractivity (Wildman–Crippen MR) is 68.1 cm³/mol. The third kappa shape index (κ3) is 2.56. The lowest BCUT2D eigenvalue weighted by Crippen LogP contribution is -2.10. The van der Waals surface area contributed by atoms with E-state index in [0.29, 0.717) is 18.7 Å². The minimum Gasteiger partial charge on any atom is -0.326 e. The topological polar surface area (TPSA) is 43.8 Å². The van der Waals surface area contributed by atoms with Crippen molar-refractivity contribution in [1.29, 1.82) is 0 Å². The molecule has 0 bridgehead atoms. The quantitative estimate of drug-likeness (QED) is 0.946. The van der Waals surface area contributed by atoms with Crippen LogP contribution in [0.1, 0.15) is 17.1 Å². The highest BCUT2D eigenvalue weighted by Gasteiger charge is 2.09. The Labute approximate surface area is 108 Å². The fraction of sp³-hybridized carbons (Fsp3) is 0.250. The van der Waals surface area contributed by atoms with E-state index in [1.807, 2.05) is 11.5 Å². The van der Waals surface area contributed by atoms with Gasteiger partial charge >= 0.3 is 0 Å². The first kappa shape index (κ1) is 12.3. The monoisotopic (exact) mass is 297 g/mol. The molecule has 1 heterocycles. The standard InChI is InChI=1S/C12H13BrFN3/c1-8-16-6-11(5-15)17(8)7-9-4-10(13)2-3-12(9)14/h2-4,6H,5,7,15H2,1H3. The van der Waals surface area contributed by atoms with Crippen LogP contribution in [0, 0.1) is 12.7 Å². The number of nitrogens with two attached hydrogens (primary N) is 1. The molecule has 2 rings (SSSR count). The highest BCUT2D eigenvalue weighted by Crippen LogP contribution is 2.18. The van der Waals surface area contributed by atoms with Crippen molar-refractivity contribution in [2.45, 2.75) is 20.0 Å². The molecule has 0 amide bonds. The van der Waals surface area contributed by atoms with E-state index in [2.05, 4.69) is 20.9 Å². The van der Waals surface area contributed by atoms with Gasteiger partial charge in [0, 0.05) is 22.8 Å². The molecule has 0 unspecified atom stereocenters. The number of aryl methyl sites for hydroxylation is 1. The van der Waals surface area contributed by atoms with Crippen LogP contribution in [0.3, 0.4) is 0 Å². The van der Waals surface area contributed by atoms with E-state index in [9.17, 15) is 4.39 Å². The second kappa shape index (κ2) is 4.98. The van der Waals surface area contributed by atoms with E-state index < -0.39 is 0 Å². The molecule has 1 aromatic heterocycles. The molecule has 2 aromatic rings. The van der Waals surface area contributed by atoms with E-state index in [0.717, 1.165) is 16.0 Å². The maximum atomic E-state index is 13.6. The zero-order valence-corrected chi connectivity index (χ0v) is 11.0. The lowest BCUT2D eigenvalue weighted by molar-refractivity contribution is 0.591. The van der Waals surface area contributed by atoms with Gasteiger partial charge in [-0.25, -0.2) is 9.37 Å². The Balaban J connectivity index is 2.37. The number of benzene rings is 1. The molecule has 0 aliphatic carbocycles. The molecule has 0 spiro atoms. The number of rotatable bonds is 3. The van der Waals surface area contributed by atoms with Crippen LogP contribution in [0.4, 0.5) is 4.39 Å². The Morgan fingerprint density at radius 1 is 1.47 bits per heavy atom. The molecule has 0 radical (unpaired) electrons. The van der Waals surface area contributed by atoms with E-state index >= 15 is 0 Å². The van der Waals surface area contributed by atoms with Crippen molar-refractivity contribution in [2.75, 3.05) is 0 Å². The number of imidazole rings is 1. The summed E-state index contributed by atoms with van der Waals surface area (Å²) in [4.78, 5) is 4.18. The van der Waals surface area contributed by atoms with Gasteiger partial charge in [-0.2, -0.15) is 0 Å². The minimum absolute atomic E-state index is 0.218. The largest absolute Gasteiger partial charge is 0.326 e. The summed E-state index contributed by atoms with van der Waals surface area (Å²) in [6, 6.07) is 4.91. The van der Waals surface area contributed by atoms with Crippen molar-refractivity contribution < 1.29 is 4.39 Å². The summed E-state index contributed by atoms with van der Waals surface area (Å²) in [5.41, 5.74) is 7.15. The minimum atomic E-state index is -0.218. The highest BCUT2D eigenvalue weighted by molar-refractivity contribution is 9.10. The van der Waals surface area contributed by atoms with Crippen molar-refractivity contribution in [1.82, 2.24) is 9.55 Å². The Kier molecular flexibility index (Phi) is 3.59. The lowest BCUT2D eigenvalue weighted by Gasteiger charge is -2.10. The van der Waals surface area contributed by atoms with Crippen LogP contribution in [0.5, 0.6) is 0 Å². The van der Waals surface area contributed by atoms with Crippen LogP contribution in [-0.4, -0.2) is 9.55 Å². The number of halogens is 2. The van der Waals surface area contributed by atoms with Gasteiger partial charge in [-0.05, 0) is 25.1 Å². The average molecular weight is 298 g/mol. The molecule has 0 fully saturated rings. The Bertz CT molecular complexity index is 537. The van der Waals surface area contributed by atoms with Crippen molar-refractivity contribution in [2.24, 2.45) is 5.73 Å². The molecular weight excluding hydrogens is 285 g/mol. The van der Waals surface area contributed by atoms with Gasteiger partial charge in [0.05, 0.1) is 12.2 Å². The summed E-state index contributed by atoms with van der Waals surface area (Å²) in [5, 5.41) is 0. The predicted octanol–water partition coefficient (Wildman–Crippen LogP) is 2.60. The first-order valence-corrected chi connectivity index (χ1v) is 6.06. The van der Waals surface area contributed by atoms with Gasteiger partial charge in [-0.15, -0.1) is 0 Å². The summed E-state index contributed by atoms with van der Waals surface area (Å²) in [5.74, 6) is 0.620. The van der Waals surface area contributed by atoms with E-state index in [1.165, 1.54) is 6.07 Å². The van der Waals surface area contributed by atoms with E-state index in [-0.39, 0.29) is 5.82 Å². The zero-order valence-electron chi connectivity index (χ0n) is 9.45. The number of aromatic nitrogens is 2. The van der Waals surface area contributed by atoms with Gasteiger partial charge in [-0.3, -0.25) is 0 Å². The fourth-order valence-electron chi connectivity index (χ4n) is 1.73. The molecule has 0 atom stereocenters. The van der Waals surface area contributed by atoms with Gasteiger partial charge < -0.3 is 10.3 Å². The van der Waals surface area contributed by atoms with Gasteiger partial charge in [-0.1, -0.05) is 15.9 Å². The molecule has 2 N–H and O–H groups in total. The Hall–Kier alpha value is -1.20. The second-order valence-corrected chi connectivity index (χ2v) is 4.74. The van der Waals surface area contributed by atoms with Gasteiger partial charge in [0.1, 0.15) is 11.6 Å². The summed E-state index contributed by atoms with van der Waals surface area (Å²) < 4.78 is 16.4. The van der Waals surface area contributed by atoms with Crippen molar-refractivity contribution in [3.8, 4) is 0 Å². The second-order valence-electron chi connectivity index (χ2n) is 3.82. The van der Waals surface area contributed by atoms with Crippen LogP contribution in [0.25, 0.3) is 0 Å². The summed E-state index contributed by atoms with van der Waals surface area (Å²) >= 11 is 3.34. The first-order chi connectivity index (χ1) is 8.11.